The van der Waals surface area contributed by atoms with E-state index in [9.17, 15) is 0 Å². The summed E-state index contributed by atoms with van der Waals surface area (Å²) < 4.78 is 12.5. The molecule has 5 rings (SSSR count). The van der Waals surface area contributed by atoms with Crippen LogP contribution >= 0.6 is 0 Å². The van der Waals surface area contributed by atoms with E-state index in [1.54, 1.807) is 0 Å². The van der Waals surface area contributed by atoms with E-state index in [1.165, 1.54) is 32.7 Å². The Hall–Kier alpha value is -2.62. The van der Waals surface area contributed by atoms with Crippen molar-refractivity contribution < 1.29 is 9.31 Å². The molecule has 1 fully saturated rings. The third kappa shape index (κ3) is 3.06. The SMILES string of the molecule is CC1(C)OB(c2ccc3ccc(-c4cccc5ccccc45)cc3c2)OC1(C)C. The molecule has 0 spiro atoms. The first kappa shape index (κ1) is 18.4. The quantitative estimate of drug-likeness (QED) is 0.400. The summed E-state index contributed by atoms with van der Waals surface area (Å²) in [6, 6.07) is 28.2. The van der Waals surface area contributed by atoms with Crippen molar-refractivity contribution in [3.05, 3.63) is 78.9 Å². The molecule has 4 aromatic rings. The third-order valence-corrected chi connectivity index (χ3v) is 6.49. The molecule has 29 heavy (non-hydrogen) atoms. The monoisotopic (exact) mass is 380 g/mol. The van der Waals surface area contributed by atoms with Crippen LogP contribution in [0, 0.1) is 0 Å². The molecule has 0 amide bonds. The summed E-state index contributed by atoms with van der Waals surface area (Å²) in [7, 11) is -0.342. The first-order valence-electron chi connectivity index (χ1n) is 10.2. The highest BCUT2D eigenvalue weighted by atomic mass is 16.7. The number of benzene rings is 4. The highest BCUT2D eigenvalue weighted by Gasteiger charge is 2.51. The van der Waals surface area contributed by atoms with E-state index >= 15 is 0 Å². The maximum Gasteiger partial charge on any atom is 0.494 e. The molecular weight excluding hydrogens is 355 g/mol. The summed E-state index contributed by atoms with van der Waals surface area (Å²) in [6.07, 6.45) is 0. The number of hydrogen-bond acceptors (Lipinski definition) is 2. The van der Waals surface area contributed by atoms with Crippen molar-refractivity contribution in [1.29, 1.82) is 0 Å². The molecule has 3 heteroatoms. The van der Waals surface area contributed by atoms with Gasteiger partial charge in [-0.25, -0.2) is 0 Å². The molecule has 0 unspecified atom stereocenters. The summed E-state index contributed by atoms with van der Waals surface area (Å²) in [6.45, 7) is 8.36. The Kier molecular flexibility index (Phi) is 4.09. The van der Waals surface area contributed by atoms with Gasteiger partial charge in [-0.05, 0) is 71.9 Å². The van der Waals surface area contributed by atoms with E-state index in [0.717, 1.165) is 5.46 Å². The van der Waals surface area contributed by atoms with Gasteiger partial charge in [0.25, 0.3) is 0 Å². The molecule has 0 atom stereocenters. The van der Waals surface area contributed by atoms with E-state index in [2.05, 4.69) is 107 Å². The van der Waals surface area contributed by atoms with E-state index in [4.69, 9.17) is 9.31 Å². The lowest BCUT2D eigenvalue weighted by Crippen LogP contribution is -2.41. The molecule has 1 aliphatic heterocycles. The van der Waals surface area contributed by atoms with Crippen LogP contribution in [-0.2, 0) is 9.31 Å². The van der Waals surface area contributed by atoms with Crippen LogP contribution < -0.4 is 5.46 Å². The Bertz CT molecular complexity index is 1200. The molecule has 0 N–H and O–H groups in total. The predicted molar refractivity (Wildman–Crippen MR) is 123 cm³/mol. The van der Waals surface area contributed by atoms with E-state index in [1.807, 2.05) is 0 Å². The molecule has 4 aromatic carbocycles. The number of rotatable bonds is 2. The highest BCUT2D eigenvalue weighted by molar-refractivity contribution is 6.62. The van der Waals surface area contributed by atoms with E-state index < -0.39 is 0 Å². The Morgan fingerprint density at radius 1 is 0.621 bits per heavy atom. The second-order valence-electron chi connectivity index (χ2n) is 8.94. The molecule has 1 heterocycles. The molecule has 0 bridgehead atoms. The maximum atomic E-state index is 6.25. The van der Waals surface area contributed by atoms with Crippen LogP contribution in [0.5, 0.6) is 0 Å². The molecule has 144 valence electrons. The maximum absolute atomic E-state index is 6.25. The highest BCUT2D eigenvalue weighted by Crippen LogP contribution is 2.37. The lowest BCUT2D eigenvalue weighted by atomic mass is 9.78. The van der Waals surface area contributed by atoms with Crippen LogP contribution in [-0.4, -0.2) is 18.3 Å². The van der Waals surface area contributed by atoms with Gasteiger partial charge in [-0.15, -0.1) is 0 Å². The van der Waals surface area contributed by atoms with Gasteiger partial charge in [0, 0.05) is 0 Å². The predicted octanol–water partition coefficient (Wildman–Crippen LogP) is 5.96. The minimum Gasteiger partial charge on any atom is -0.399 e. The van der Waals surface area contributed by atoms with Gasteiger partial charge in [0.15, 0.2) is 0 Å². The normalized spacial score (nSPS) is 17.9. The number of fused-ring (bicyclic) bond motifs is 2. The molecule has 0 aliphatic carbocycles. The van der Waals surface area contributed by atoms with E-state index in [-0.39, 0.29) is 18.3 Å². The third-order valence-electron chi connectivity index (χ3n) is 6.49. The van der Waals surface area contributed by atoms with Crippen molar-refractivity contribution in [1.82, 2.24) is 0 Å². The van der Waals surface area contributed by atoms with Crippen molar-refractivity contribution in [2.45, 2.75) is 38.9 Å². The van der Waals surface area contributed by atoms with Gasteiger partial charge in [0.2, 0.25) is 0 Å². The Balaban J connectivity index is 1.59. The number of hydrogen-bond donors (Lipinski definition) is 0. The lowest BCUT2D eigenvalue weighted by molar-refractivity contribution is 0.00578. The van der Waals surface area contributed by atoms with Gasteiger partial charge in [-0.3, -0.25) is 0 Å². The molecule has 0 aromatic heterocycles. The Morgan fingerprint density at radius 3 is 2.10 bits per heavy atom. The van der Waals surface area contributed by atoms with Crippen LogP contribution in [0.2, 0.25) is 0 Å². The van der Waals surface area contributed by atoms with Crippen molar-refractivity contribution in [3.63, 3.8) is 0 Å². The van der Waals surface area contributed by atoms with Crippen LogP contribution in [0.3, 0.4) is 0 Å². The van der Waals surface area contributed by atoms with Gasteiger partial charge in [-0.1, -0.05) is 72.8 Å². The zero-order valence-electron chi connectivity index (χ0n) is 17.4. The van der Waals surface area contributed by atoms with Crippen molar-refractivity contribution in [2.24, 2.45) is 0 Å². The first-order chi connectivity index (χ1) is 13.8. The van der Waals surface area contributed by atoms with Crippen molar-refractivity contribution in [2.75, 3.05) is 0 Å². The fraction of sp³-hybridized carbons (Fsp3) is 0.231. The standard InChI is InChI=1S/C26H25BO2/c1-25(2)26(3,4)29-27(28-25)22-15-14-18-12-13-20(16-21(18)17-22)24-11-7-9-19-8-5-6-10-23(19)24/h5-17H,1-4H3. The molecule has 0 saturated carbocycles. The summed E-state index contributed by atoms with van der Waals surface area (Å²) in [5.41, 5.74) is 2.87. The fourth-order valence-electron chi connectivity index (χ4n) is 4.04. The second-order valence-corrected chi connectivity index (χ2v) is 8.94. The van der Waals surface area contributed by atoms with Crippen LogP contribution in [0.15, 0.2) is 78.9 Å². The lowest BCUT2D eigenvalue weighted by Gasteiger charge is -2.32. The first-order valence-corrected chi connectivity index (χ1v) is 10.2. The largest absolute Gasteiger partial charge is 0.494 e. The topological polar surface area (TPSA) is 18.5 Å². The van der Waals surface area contributed by atoms with Gasteiger partial charge in [-0.2, -0.15) is 0 Å². The van der Waals surface area contributed by atoms with Gasteiger partial charge < -0.3 is 9.31 Å². The van der Waals surface area contributed by atoms with Gasteiger partial charge in [0.1, 0.15) is 0 Å². The molecule has 0 radical (unpaired) electrons. The van der Waals surface area contributed by atoms with Crippen LogP contribution in [0.4, 0.5) is 0 Å². The summed E-state index contributed by atoms with van der Waals surface area (Å²) in [5, 5.41) is 4.95. The minimum atomic E-state index is -0.342. The summed E-state index contributed by atoms with van der Waals surface area (Å²) in [4.78, 5) is 0. The smallest absolute Gasteiger partial charge is 0.399 e. The van der Waals surface area contributed by atoms with Crippen molar-refractivity contribution >= 4 is 34.1 Å². The molecular formula is C26H25BO2. The minimum absolute atomic E-state index is 0.336. The van der Waals surface area contributed by atoms with Gasteiger partial charge >= 0.3 is 7.12 Å². The average Bonchev–Trinajstić information content (AvgIpc) is 2.94. The second kappa shape index (κ2) is 6.45. The molecule has 1 saturated heterocycles. The zero-order valence-corrected chi connectivity index (χ0v) is 17.4. The zero-order chi connectivity index (χ0) is 20.2. The molecule has 2 nitrogen and oxygen atoms in total. The summed E-state index contributed by atoms with van der Waals surface area (Å²) >= 11 is 0. The average molecular weight is 380 g/mol. The van der Waals surface area contributed by atoms with Crippen LogP contribution in [0.1, 0.15) is 27.7 Å². The Morgan fingerprint density at radius 2 is 1.31 bits per heavy atom. The fourth-order valence-corrected chi connectivity index (χ4v) is 4.04. The summed E-state index contributed by atoms with van der Waals surface area (Å²) in [5.74, 6) is 0. The molecule has 1 aliphatic rings. The Labute approximate surface area is 172 Å². The van der Waals surface area contributed by atoms with Crippen molar-refractivity contribution in [3.8, 4) is 11.1 Å². The van der Waals surface area contributed by atoms with E-state index in [0.29, 0.717) is 0 Å². The van der Waals surface area contributed by atoms with Crippen LogP contribution in [0.25, 0.3) is 32.7 Å². The van der Waals surface area contributed by atoms with Gasteiger partial charge in [0.05, 0.1) is 11.2 Å².